The summed E-state index contributed by atoms with van der Waals surface area (Å²) < 4.78 is 6.53. The van der Waals surface area contributed by atoms with Crippen molar-refractivity contribution in [2.24, 2.45) is 5.92 Å². The van der Waals surface area contributed by atoms with Crippen molar-refractivity contribution in [3.05, 3.63) is 94.8 Å². The van der Waals surface area contributed by atoms with Gasteiger partial charge < -0.3 is 9.72 Å². The summed E-state index contributed by atoms with van der Waals surface area (Å²) in [5.74, 6) is 1.67. The summed E-state index contributed by atoms with van der Waals surface area (Å²) >= 11 is 0. The maximum absolute atomic E-state index is 12.5. The Hall–Kier alpha value is -3.93. The molecule has 0 aliphatic carbocycles. The number of anilines is 1. The number of nitrogens with one attached hydrogen (secondary N) is 2. The highest BCUT2D eigenvalue weighted by Crippen LogP contribution is 2.35. The number of ether oxygens (including phenoxy) is 1. The zero-order valence-electron chi connectivity index (χ0n) is 21.8. The molecule has 4 rings (SSSR count). The largest absolute Gasteiger partial charge is 0.485 e. The van der Waals surface area contributed by atoms with Crippen LogP contribution in [-0.2, 0) is 0 Å². The average Bonchev–Trinajstić information content (AvgIpc) is 3.35. The number of rotatable bonds is 8. The summed E-state index contributed by atoms with van der Waals surface area (Å²) in [6.45, 7) is 13.0. The van der Waals surface area contributed by atoms with E-state index in [-0.39, 0.29) is 17.9 Å². The summed E-state index contributed by atoms with van der Waals surface area (Å²) in [7, 11) is 0. The number of carbonyl (C=O) groups is 1. The Morgan fingerprint density at radius 1 is 0.889 bits per heavy atom. The molecule has 1 heterocycles. The number of aromatic amines is 1. The summed E-state index contributed by atoms with van der Waals surface area (Å²) in [5, 5.41) is 10.2. The lowest BCUT2D eigenvalue weighted by molar-refractivity contribution is 0.102. The first-order valence-corrected chi connectivity index (χ1v) is 12.4. The van der Waals surface area contributed by atoms with E-state index in [9.17, 15) is 4.79 Å². The zero-order valence-corrected chi connectivity index (χ0v) is 21.8. The molecule has 1 aromatic heterocycles. The van der Waals surface area contributed by atoms with E-state index in [2.05, 4.69) is 98.4 Å². The molecule has 0 radical (unpaired) electrons. The first-order valence-electron chi connectivity index (χ1n) is 12.4. The molecule has 0 spiro atoms. The maximum Gasteiger partial charge on any atom is 0.258 e. The predicted molar refractivity (Wildman–Crippen MR) is 144 cm³/mol. The molecule has 0 bridgehead atoms. The van der Waals surface area contributed by atoms with Crippen LogP contribution in [0.2, 0.25) is 0 Å². The number of aryl methyl sites for hydroxylation is 2. The quantitative estimate of drug-likeness (QED) is 0.277. The molecule has 0 saturated carbocycles. The zero-order chi connectivity index (χ0) is 25.8. The van der Waals surface area contributed by atoms with E-state index in [4.69, 9.17) is 4.74 Å². The molecule has 0 fully saturated rings. The third kappa shape index (κ3) is 5.65. The second kappa shape index (κ2) is 10.8. The van der Waals surface area contributed by atoms with Crippen LogP contribution in [0.1, 0.15) is 72.3 Å². The van der Waals surface area contributed by atoms with Gasteiger partial charge in [-0.1, -0.05) is 64.1 Å². The Labute approximate surface area is 213 Å². The van der Waals surface area contributed by atoms with Gasteiger partial charge in [0.2, 0.25) is 5.95 Å². The van der Waals surface area contributed by atoms with Crippen LogP contribution in [0.15, 0.2) is 67.0 Å². The Morgan fingerprint density at radius 3 is 2.03 bits per heavy atom. The SMILES string of the molecule is Cc1cc(OC(c2ccc(C(=O)Nc3nnc[nH]3)cc2)C(C)C)cc(C)c1-c1ccc(C(C)C)cc1. The van der Waals surface area contributed by atoms with Gasteiger partial charge in [0.25, 0.3) is 5.91 Å². The molecule has 2 N–H and O–H groups in total. The fraction of sp³-hybridized carbons (Fsp3) is 0.300. The lowest BCUT2D eigenvalue weighted by Crippen LogP contribution is -2.16. The Morgan fingerprint density at radius 2 is 1.50 bits per heavy atom. The highest BCUT2D eigenvalue weighted by Gasteiger charge is 2.20. The summed E-state index contributed by atoms with van der Waals surface area (Å²) in [5.41, 5.74) is 7.74. The van der Waals surface area contributed by atoms with Crippen LogP contribution in [0.3, 0.4) is 0 Å². The van der Waals surface area contributed by atoms with Crippen LogP contribution in [0.4, 0.5) is 5.95 Å². The number of nitrogens with zero attached hydrogens (tertiary/aromatic N) is 2. The summed E-state index contributed by atoms with van der Waals surface area (Å²) in [4.78, 5) is 15.2. The monoisotopic (exact) mass is 482 g/mol. The first-order chi connectivity index (χ1) is 17.2. The molecule has 186 valence electrons. The van der Waals surface area contributed by atoms with Gasteiger partial charge in [-0.25, -0.2) is 0 Å². The molecule has 6 nitrogen and oxygen atoms in total. The predicted octanol–water partition coefficient (Wildman–Crippen LogP) is 7.24. The Balaban J connectivity index is 1.53. The van der Waals surface area contributed by atoms with Crippen LogP contribution in [0, 0.1) is 19.8 Å². The Bertz CT molecular complexity index is 1290. The molecule has 1 atom stereocenters. The number of aromatic nitrogens is 3. The minimum absolute atomic E-state index is 0.147. The van der Waals surface area contributed by atoms with Crippen LogP contribution in [0.25, 0.3) is 11.1 Å². The van der Waals surface area contributed by atoms with Gasteiger partial charge in [-0.15, -0.1) is 10.2 Å². The van der Waals surface area contributed by atoms with Gasteiger partial charge in [-0.05, 0) is 83.3 Å². The highest BCUT2D eigenvalue weighted by molar-refractivity contribution is 6.03. The topological polar surface area (TPSA) is 79.9 Å². The van der Waals surface area contributed by atoms with Crippen LogP contribution < -0.4 is 10.1 Å². The summed E-state index contributed by atoms with van der Waals surface area (Å²) in [6.07, 6.45) is 1.27. The molecule has 3 aromatic carbocycles. The van der Waals surface area contributed by atoms with Crippen molar-refractivity contribution in [1.82, 2.24) is 15.2 Å². The van der Waals surface area contributed by atoms with Crippen molar-refractivity contribution in [2.75, 3.05) is 5.32 Å². The van der Waals surface area contributed by atoms with Crippen molar-refractivity contribution in [3.63, 3.8) is 0 Å². The van der Waals surface area contributed by atoms with Crippen LogP contribution >= 0.6 is 0 Å². The average molecular weight is 483 g/mol. The van der Waals surface area contributed by atoms with Gasteiger partial charge in [-0.3, -0.25) is 10.1 Å². The first kappa shape index (κ1) is 25.2. The maximum atomic E-state index is 12.5. The van der Waals surface area contributed by atoms with Crippen LogP contribution in [-0.4, -0.2) is 21.1 Å². The second-order valence-corrected chi connectivity index (χ2v) is 9.90. The van der Waals surface area contributed by atoms with Gasteiger partial charge in [0.05, 0.1) is 0 Å². The smallest absolute Gasteiger partial charge is 0.258 e. The van der Waals surface area contributed by atoms with E-state index in [1.54, 1.807) is 12.1 Å². The molecule has 36 heavy (non-hydrogen) atoms. The molecule has 4 aromatic rings. The van der Waals surface area contributed by atoms with E-state index < -0.39 is 0 Å². The van der Waals surface area contributed by atoms with Gasteiger partial charge in [0, 0.05) is 5.56 Å². The van der Waals surface area contributed by atoms with E-state index in [1.807, 2.05) is 12.1 Å². The number of carbonyl (C=O) groups excluding carboxylic acids is 1. The number of H-pyrrole nitrogens is 1. The van der Waals surface area contributed by atoms with Gasteiger partial charge in [0.15, 0.2) is 0 Å². The molecular weight excluding hydrogens is 448 g/mol. The third-order valence-electron chi connectivity index (χ3n) is 6.39. The van der Waals surface area contributed by atoms with E-state index >= 15 is 0 Å². The van der Waals surface area contributed by atoms with Crippen molar-refractivity contribution in [2.45, 2.75) is 53.6 Å². The number of amides is 1. The van der Waals surface area contributed by atoms with Crippen LogP contribution in [0.5, 0.6) is 5.75 Å². The number of hydrogen-bond donors (Lipinski definition) is 2. The van der Waals surface area contributed by atoms with Gasteiger partial charge in [-0.2, -0.15) is 0 Å². The minimum Gasteiger partial charge on any atom is -0.485 e. The number of hydrogen-bond acceptors (Lipinski definition) is 4. The molecule has 0 aliphatic heterocycles. The summed E-state index contributed by atoms with van der Waals surface area (Å²) in [6, 6.07) is 20.6. The number of benzene rings is 3. The van der Waals surface area contributed by atoms with Crippen molar-refractivity contribution in [3.8, 4) is 16.9 Å². The fourth-order valence-corrected chi connectivity index (χ4v) is 4.49. The molecule has 0 saturated heterocycles. The molecule has 6 heteroatoms. The minimum atomic E-state index is -0.247. The van der Waals surface area contributed by atoms with E-state index in [1.165, 1.54) is 34.1 Å². The molecule has 0 aliphatic rings. The third-order valence-corrected chi connectivity index (χ3v) is 6.39. The standard InChI is InChI=1S/C30H34N4O2/c1-18(2)22-7-9-23(10-8-22)27-20(5)15-26(16-21(27)6)36-28(19(3)4)24-11-13-25(14-12-24)29(35)33-30-31-17-32-34-30/h7-19,28H,1-6H3,(H2,31,32,33,34,35). The molecule has 1 amide bonds. The fourth-order valence-electron chi connectivity index (χ4n) is 4.49. The van der Waals surface area contributed by atoms with Crippen molar-refractivity contribution in [1.29, 1.82) is 0 Å². The highest BCUT2D eigenvalue weighted by atomic mass is 16.5. The van der Waals surface area contributed by atoms with Gasteiger partial charge in [0.1, 0.15) is 18.2 Å². The lowest BCUT2D eigenvalue weighted by atomic mass is 9.93. The van der Waals surface area contributed by atoms with E-state index in [0.29, 0.717) is 17.4 Å². The lowest BCUT2D eigenvalue weighted by Gasteiger charge is -2.24. The normalized spacial score (nSPS) is 12.1. The van der Waals surface area contributed by atoms with Crippen molar-refractivity contribution < 1.29 is 9.53 Å². The van der Waals surface area contributed by atoms with Gasteiger partial charge >= 0.3 is 0 Å². The van der Waals surface area contributed by atoms with Crippen molar-refractivity contribution >= 4 is 11.9 Å². The molecule has 1 unspecified atom stereocenters. The molecular formula is C30H34N4O2. The Kier molecular flexibility index (Phi) is 7.53. The van der Waals surface area contributed by atoms with E-state index in [0.717, 1.165) is 11.3 Å². The second-order valence-electron chi connectivity index (χ2n) is 9.90.